The van der Waals surface area contributed by atoms with Gasteiger partial charge in [-0.05, 0) is 30.7 Å². The molecule has 2 rings (SSSR count). The molecule has 0 radical (unpaired) electrons. The van der Waals surface area contributed by atoms with Gasteiger partial charge in [-0.3, -0.25) is 10.1 Å². The first-order valence-corrected chi connectivity index (χ1v) is 8.16. The molecule has 0 saturated heterocycles. The van der Waals surface area contributed by atoms with Crippen LogP contribution in [-0.2, 0) is 5.75 Å². The summed E-state index contributed by atoms with van der Waals surface area (Å²) in [5.41, 5.74) is 7.77. The number of hydrogen-bond acceptors (Lipinski definition) is 4. The van der Waals surface area contributed by atoms with Gasteiger partial charge in [0.25, 0.3) is 5.69 Å². The molecule has 0 aromatic heterocycles. The van der Waals surface area contributed by atoms with E-state index in [2.05, 4.69) is 15.9 Å². The van der Waals surface area contributed by atoms with Gasteiger partial charge < -0.3 is 5.73 Å². The molecule has 0 aliphatic carbocycles. The summed E-state index contributed by atoms with van der Waals surface area (Å²) in [5, 5.41) is 11.1. The summed E-state index contributed by atoms with van der Waals surface area (Å²) >= 11 is 4.83. The van der Waals surface area contributed by atoms with Gasteiger partial charge in [0.15, 0.2) is 0 Å². The van der Waals surface area contributed by atoms with Gasteiger partial charge in [-0.15, -0.1) is 11.8 Å². The van der Waals surface area contributed by atoms with Crippen LogP contribution in [0.15, 0.2) is 51.8 Å². The number of nitro benzene ring substituents is 1. The second kappa shape index (κ2) is 7.06. The minimum Gasteiger partial charge on any atom is -0.324 e. The largest absolute Gasteiger partial charge is 0.324 e. The first-order valence-electron chi connectivity index (χ1n) is 6.38. The molecule has 0 bridgehead atoms. The van der Waals surface area contributed by atoms with Crippen LogP contribution in [0.25, 0.3) is 0 Å². The Labute approximate surface area is 136 Å². The number of nitrogens with zero attached hydrogens (tertiary/aromatic N) is 1. The molecule has 4 nitrogen and oxygen atoms in total. The van der Waals surface area contributed by atoms with E-state index in [-0.39, 0.29) is 16.7 Å². The van der Waals surface area contributed by atoms with Gasteiger partial charge in [0.1, 0.15) is 0 Å². The zero-order valence-corrected chi connectivity index (χ0v) is 13.9. The third-order valence-corrected chi connectivity index (χ3v) is 4.56. The summed E-state index contributed by atoms with van der Waals surface area (Å²) in [6.45, 7) is 1.93. The van der Waals surface area contributed by atoms with Crippen molar-refractivity contribution in [2.75, 3.05) is 0 Å². The highest BCUT2D eigenvalue weighted by molar-refractivity contribution is 9.10. The Kier molecular flexibility index (Phi) is 5.39. The van der Waals surface area contributed by atoms with Crippen molar-refractivity contribution in [2.45, 2.75) is 23.6 Å². The Morgan fingerprint density at radius 2 is 2.10 bits per heavy atom. The van der Waals surface area contributed by atoms with Crippen LogP contribution in [0.1, 0.15) is 24.1 Å². The number of thioether (sulfide) groups is 1. The first-order chi connectivity index (χ1) is 9.97. The number of halogens is 1. The van der Waals surface area contributed by atoms with E-state index in [9.17, 15) is 10.1 Å². The van der Waals surface area contributed by atoms with Gasteiger partial charge in [0.2, 0.25) is 0 Å². The highest BCUT2D eigenvalue weighted by atomic mass is 79.9. The van der Waals surface area contributed by atoms with E-state index in [1.165, 1.54) is 6.07 Å². The highest BCUT2D eigenvalue weighted by Gasteiger charge is 2.14. The maximum Gasteiger partial charge on any atom is 0.274 e. The summed E-state index contributed by atoms with van der Waals surface area (Å²) in [5.74, 6) is 0.548. The number of nitrogens with two attached hydrogens (primary N) is 1. The van der Waals surface area contributed by atoms with Crippen LogP contribution in [0.4, 0.5) is 5.69 Å². The molecule has 1 atom stereocenters. The van der Waals surface area contributed by atoms with Crippen molar-refractivity contribution >= 4 is 33.4 Å². The molecular formula is C15H15BrN2O2S. The monoisotopic (exact) mass is 366 g/mol. The molecule has 0 aliphatic rings. The lowest BCUT2D eigenvalue weighted by atomic mass is 10.1. The minimum absolute atomic E-state index is 0.0208. The fraction of sp³-hybridized carbons (Fsp3) is 0.200. The van der Waals surface area contributed by atoms with Gasteiger partial charge in [-0.25, -0.2) is 0 Å². The summed E-state index contributed by atoms with van der Waals surface area (Å²) in [4.78, 5) is 11.8. The van der Waals surface area contributed by atoms with Crippen molar-refractivity contribution in [1.82, 2.24) is 0 Å². The normalized spacial score (nSPS) is 12.1. The predicted octanol–water partition coefficient (Wildman–Crippen LogP) is 4.67. The Morgan fingerprint density at radius 3 is 2.76 bits per heavy atom. The average Bonchev–Trinajstić information content (AvgIpc) is 2.46. The molecular weight excluding hydrogens is 352 g/mol. The second-order valence-electron chi connectivity index (χ2n) is 4.68. The maximum atomic E-state index is 11.1. The maximum absolute atomic E-state index is 11.1. The van der Waals surface area contributed by atoms with E-state index in [1.807, 2.05) is 37.3 Å². The molecule has 2 aromatic rings. The smallest absolute Gasteiger partial charge is 0.274 e. The zero-order chi connectivity index (χ0) is 15.4. The van der Waals surface area contributed by atoms with Crippen molar-refractivity contribution in [3.8, 4) is 0 Å². The third-order valence-electron chi connectivity index (χ3n) is 3.02. The van der Waals surface area contributed by atoms with Gasteiger partial charge in [-0.1, -0.05) is 34.1 Å². The molecule has 6 heteroatoms. The number of nitro groups is 1. The molecule has 1 unspecified atom stereocenters. The van der Waals surface area contributed by atoms with Crippen molar-refractivity contribution < 1.29 is 4.92 Å². The zero-order valence-electron chi connectivity index (χ0n) is 11.5. The SMILES string of the molecule is CC(N)c1cccc(SCc2ccc(Br)cc2[N+](=O)[O-])c1. The number of benzene rings is 2. The van der Waals surface area contributed by atoms with Gasteiger partial charge in [-0.2, -0.15) is 0 Å². The van der Waals surface area contributed by atoms with E-state index >= 15 is 0 Å². The quantitative estimate of drug-likeness (QED) is 0.474. The van der Waals surface area contributed by atoms with Crippen LogP contribution in [0.5, 0.6) is 0 Å². The standard InChI is InChI=1S/C15H15BrN2O2S/c1-10(17)11-3-2-4-14(7-11)21-9-12-5-6-13(16)8-15(12)18(19)20/h2-8,10H,9,17H2,1H3. The fourth-order valence-corrected chi connectivity index (χ4v) is 3.19. The number of hydrogen-bond donors (Lipinski definition) is 1. The average molecular weight is 367 g/mol. The lowest BCUT2D eigenvalue weighted by Crippen LogP contribution is -2.04. The predicted molar refractivity (Wildman–Crippen MR) is 89.4 cm³/mol. The van der Waals surface area contributed by atoms with Gasteiger partial charge >= 0.3 is 0 Å². The molecule has 110 valence electrons. The van der Waals surface area contributed by atoms with Crippen molar-refractivity contribution in [3.63, 3.8) is 0 Å². The molecule has 0 saturated carbocycles. The molecule has 0 aliphatic heterocycles. The van der Waals surface area contributed by atoms with Crippen LogP contribution in [-0.4, -0.2) is 4.92 Å². The molecule has 0 fully saturated rings. The van der Waals surface area contributed by atoms with Crippen LogP contribution < -0.4 is 5.73 Å². The Balaban J connectivity index is 2.17. The Morgan fingerprint density at radius 1 is 1.33 bits per heavy atom. The van der Waals surface area contributed by atoms with E-state index in [0.717, 1.165) is 10.5 Å². The molecule has 2 N–H and O–H groups in total. The summed E-state index contributed by atoms with van der Waals surface area (Å²) in [6, 6.07) is 13.1. The lowest BCUT2D eigenvalue weighted by molar-refractivity contribution is -0.385. The van der Waals surface area contributed by atoms with Gasteiger partial charge in [0, 0.05) is 32.8 Å². The Hall–Kier alpha value is -1.37. The van der Waals surface area contributed by atoms with E-state index in [4.69, 9.17) is 5.73 Å². The van der Waals surface area contributed by atoms with Crippen LogP contribution in [0, 0.1) is 10.1 Å². The topological polar surface area (TPSA) is 69.2 Å². The Bertz CT molecular complexity index is 662. The van der Waals surface area contributed by atoms with E-state index in [0.29, 0.717) is 15.8 Å². The van der Waals surface area contributed by atoms with Crippen LogP contribution >= 0.6 is 27.7 Å². The highest BCUT2D eigenvalue weighted by Crippen LogP contribution is 2.30. The van der Waals surface area contributed by atoms with Crippen LogP contribution in [0.2, 0.25) is 0 Å². The van der Waals surface area contributed by atoms with E-state index < -0.39 is 0 Å². The summed E-state index contributed by atoms with van der Waals surface area (Å²) < 4.78 is 0.710. The fourth-order valence-electron chi connectivity index (χ4n) is 1.88. The van der Waals surface area contributed by atoms with Crippen molar-refractivity contribution in [2.24, 2.45) is 5.73 Å². The molecule has 0 heterocycles. The summed E-state index contributed by atoms with van der Waals surface area (Å²) in [7, 11) is 0. The van der Waals surface area contributed by atoms with E-state index in [1.54, 1.807) is 17.8 Å². The lowest BCUT2D eigenvalue weighted by Gasteiger charge is -2.08. The summed E-state index contributed by atoms with van der Waals surface area (Å²) in [6.07, 6.45) is 0. The van der Waals surface area contributed by atoms with Crippen molar-refractivity contribution in [3.05, 3.63) is 68.2 Å². The molecule has 0 spiro atoms. The third kappa shape index (κ3) is 4.30. The molecule has 0 amide bonds. The second-order valence-corrected chi connectivity index (χ2v) is 6.64. The van der Waals surface area contributed by atoms with Gasteiger partial charge in [0.05, 0.1) is 4.92 Å². The minimum atomic E-state index is -0.348. The first kappa shape index (κ1) is 16.0. The number of rotatable bonds is 5. The van der Waals surface area contributed by atoms with Crippen LogP contribution in [0.3, 0.4) is 0 Å². The van der Waals surface area contributed by atoms with Crippen molar-refractivity contribution in [1.29, 1.82) is 0 Å². The molecule has 2 aromatic carbocycles. The molecule has 21 heavy (non-hydrogen) atoms.